The topological polar surface area (TPSA) is 34.0 Å². The van der Waals surface area contributed by atoms with Crippen LogP contribution in [0.4, 0.5) is 0 Å². The summed E-state index contributed by atoms with van der Waals surface area (Å²) in [5.41, 5.74) is 6.90. The molecular formula is C19H14N2O. The molecule has 22 heavy (non-hydrogen) atoms. The van der Waals surface area contributed by atoms with Gasteiger partial charge in [0, 0.05) is 12.0 Å². The summed E-state index contributed by atoms with van der Waals surface area (Å²) in [5, 5.41) is 0. The molecule has 0 aromatic rings. The second kappa shape index (κ2) is 4.17. The highest BCUT2D eigenvalue weighted by Crippen LogP contribution is 2.46. The molecule has 1 aliphatic heterocycles. The van der Waals surface area contributed by atoms with Crippen molar-refractivity contribution in [2.45, 2.75) is 6.04 Å². The molecule has 4 aliphatic carbocycles. The molecule has 0 saturated carbocycles. The average molecular weight is 286 g/mol. The number of rotatable bonds is 1. The molecule has 0 radical (unpaired) electrons. The number of aliphatic imine (C=N–C) groups is 2. The zero-order valence-electron chi connectivity index (χ0n) is 12.2. The van der Waals surface area contributed by atoms with E-state index in [1.54, 1.807) is 7.11 Å². The number of hydrogen-bond donors (Lipinski definition) is 0. The Labute approximate surface area is 128 Å². The van der Waals surface area contributed by atoms with E-state index in [0.29, 0.717) is 5.92 Å². The molecule has 5 rings (SSSR count). The fraction of sp³-hybridized carbons (Fsp3) is 0.158. The van der Waals surface area contributed by atoms with Crippen LogP contribution in [0.1, 0.15) is 0 Å². The summed E-state index contributed by atoms with van der Waals surface area (Å²) < 4.78 is 5.31. The lowest BCUT2D eigenvalue weighted by Crippen LogP contribution is -2.25. The van der Waals surface area contributed by atoms with Crippen LogP contribution < -0.4 is 0 Å². The predicted molar refractivity (Wildman–Crippen MR) is 87.9 cm³/mol. The van der Waals surface area contributed by atoms with Gasteiger partial charge in [0.05, 0.1) is 24.2 Å². The molecule has 0 fully saturated rings. The summed E-state index contributed by atoms with van der Waals surface area (Å²) in [4.78, 5) is 9.88. The summed E-state index contributed by atoms with van der Waals surface area (Å²) in [5.74, 6) is 1.14. The van der Waals surface area contributed by atoms with Crippen molar-refractivity contribution in [3.8, 4) is 0 Å². The number of ether oxygens (including phenoxy) is 1. The van der Waals surface area contributed by atoms with Gasteiger partial charge in [-0.15, -0.1) is 0 Å². The average Bonchev–Trinajstić information content (AvgIpc) is 2.88. The Morgan fingerprint density at radius 1 is 1.09 bits per heavy atom. The first kappa shape index (κ1) is 11.9. The van der Waals surface area contributed by atoms with Crippen molar-refractivity contribution in [2.75, 3.05) is 7.11 Å². The molecule has 0 aromatic carbocycles. The minimum Gasteiger partial charge on any atom is -0.497 e. The van der Waals surface area contributed by atoms with Gasteiger partial charge < -0.3 is 4.74 Å². The molecule has 3 nitrogen and oxygen atoms in total. The summed E-state index contributed by atoms with van der Waals surface area (Å²) in [6, 6.07) is 0.00150. The Morgan fingerprint density at radius 3 is 2.91 bits per heavy atom. The lowest BCUT2D eigenvalue weighted by Gasteiger charge is -2.22. The number of nitrogens with zero attached hydrogens (tertiary/aromatic N) is 2. The third-order valence-corrected chi connectivity index (χ3v) is 4.64. The Hall–Kier alpha value is -2.68. The molecule has 5 aliphatic rings. The van der Waals surface area contributed by atoms with Gasteiger partial charge in [0.25, 0.3) is 0 Å². The van der Waals surface area contributed by atoms with Gasteiger partial charge in [0.1, 0.15) is 11.8 Å². The van der Waals surface area contributed by atoms with E-state index in [2.05, 4.69) is 42.5 Å². The highest BCUT2D eigenvalue weighted by Gasteiger charge is 2.40. The summed E-state index contributed by atoms with van der Waals surface area (Å²) in [6.45, 7) is 0. The molecule has 2 atom stereocenters. The van der Waals surface area contributed by atoms with Crippen LogP contribution in [-0.4, -0.2) is 24.6 Å². The first-order chi connectivity index (χ1) is 10.8. The van der Waals surface area contributed by atoms with Crippen molar-refractivity contribution in [1.82, 2.24) is 0 Å². The number of hydrogen-bond acceptors (Lipinski definition) is 3. The molecule has 0 spiro atoms. The summed E-state index contributed by atoms with van der Waals surface area (Å²) in [6.07, 6.45) is 18.9. The molecule has 1 heterocycles. The van der Waals surface area contributed by atoms with Gasteiger partial charge in [0.15, 0.2) is 0 Å². The monoisotopic (exact) mass is 286 g/mol. The normalized spacial score (nSPS) is 29.8. The van der Waals surface area contributed by atoms with Crippen LogP contribution in [0.5, 0.6) is 0 Å². The number of methoxy groups -OCH3 is 1. The van der Waals surface area contributed by atoms with Crippen molar-refractivity contribution < 1.29 is 4.74 Å². The Kier molecular flexibility index (Phi) is 2.26. The van der Waals surface area contributed by atoms with E-state index in [9.17, 15) is 0 Å². The highest BCUT2D eigenvalue weighted by molar-refractivity contribution is 6.22. The molecule has 0 N–H and O–H groups in total. The lowest BCUT2D eigenvalue weighted by molar-refractivity contribution is 0.306. The van der Waals surface area contributed by atoms with E-state index < -0.39 is 0 Å². The summed E-state index contributed by atoms with van der Waals surface area (Å²) >= 11 is 0. The molecular weight excluding hydrogens is 272 g/mol. The van der Waals surface area contributed by atoms with Crippen molar-refractivity contribution in [3.05, 3.63) is 82.9 Å². The number of allylic oxidation sites excluding steroid dienone is 10. The zero-order valence-corrected chi connectivity index (χ0v) is 12.2. The van der Waals surface area contributed by atoms with E-state index in [1.807, 2.05) is 12.2 Å². The second-order valence-corrected chi connectivity index (χ2v) is 5.81. The van der Waals surface area contributed by atoms with Crippen LogP contribution in [0, 0.1) is 5.92 Å². The third-order valence-electron chi connectivity index (χ3n) is 4.64. The van der Waals surface area contributed by atoms with E-state index >= 15 is 0 Å². The largest absolute Gasteiger partial charge is 0.497 e. The van der Waals surface area contributed by atoms with Crippen LogP contribution in [0.3, 0.4) is 0 Å². The van der Waals surface area contributed by atoms with Gasteiger partial charge in [-0.1, -0.05) is 42.5 Å². The third kappa shape index (κ3) is 1.45. The standard InChI is InChI=1S/C19H14N2O/c1-22-12-8-9-15-16(10-12)21-19-14-7-3-5-11-4-2-6-13(17(11)14)18(19)20-15/h2-10,15,17H,1H3. The Balaban J connectivity index is 1.72. The fourth-order valence-electron chi connectivity index (χ4n) is 3.62. The van der Waals surface area contributed by atoms with Gasteiger partial charge in [0.2, 0.25) is 0 Å². The van der Waals surface area contributed by atoms with Crippen LogP contribution >= 0.6 is 0 Å². The minimum absolute atomic E-state index is 0.00150. The lowest BCUT2D eigenvalue weighted by atomic mass is 9.82. The highest BCUT2D eigenvalue weighted by atomic mass is 16.5. The molecule has 0 bridgehead atoms. The molecule has 0 amide bonds. The van der Waals surface area contributed by atoms with Gasteiger partial charge in [-0.2, -0.15) is 0 Å². The van der Waals surface area contributed by atoms with Gasteiger partial charge in [-0.25, -0.2) is 4.99 Å². The van der Waals surface area contributed by atoms with Gasteiger partial charge >= 0.3 is 0 Å². The van der Waals surface area contributed by atoms with E-state index in [0.717, 1.165) is 22.9 Å². The van der Waals surface area contributed by atoms with Gasteiger partial charge in [-0.05, 0) is 22.8 Å². The van der Waals surface area contributed by atoms with Crippen molar-refractivity contribution in [3.63, 3.8) is 0 Å². The maximum absolute atomic E-state index is 5.31. The first-order valence-electron chi connectivity index (χ1n) is 7.47. The first-order valence-corrected chi connectivity index (χ1v) is 7.47. The van der Waals surface area contributed by atoms with Crippen molar-refractivity contribution >= 4 is 11.4 Å². The van der Waals surface area contributed by atoms with Crippen LogP contribution in [0.2, 0.25) is 0 Å². The maximum atomic E-state index is 5.31. The molecule has 106 valence electrons. The smallest absolute Gasteiger partial charge is 0.120 e. The molecule has 2 unspecified atom stereocenters. The minimum atomic E-state index is 0.00150. The molecule has 3 heteroatoms. The van der Waals surface area contributed by atoms with Crippen LogP contribution in [0.25, 0.3) is 0 Å². The quantitative estimate of drug-likeness (QED) is 0.728. The van der Waals surface area contributed by atoms with Crippen LogP contribution in [-0.2, 0) is 4.74 Å². The van der Waals surface area contributed by atoms with E-state index in [1.165, 1.54) is 16.7 Å². The van der Waals surface area contributed by atoms with Crippen molar-refractivity contribution in [2.24, 2.45) is 15.9 Å². The Bertz CT molecular complexity index is 869. The molecule has 0 saturated heterocycles. The Morgan fingerprint density at radius 2 is 2.00 bits per heavy atom. The van der Waals surface area contributed by atoms with Gasteiger partial charge in [-0.3, -0.25) is 4.99 Å². The maximum Gasteiger partial charge on any atom is 0.120 e. The van der Waals surface area contributed by atoms with E-state index in [-0.39, 0.29) is 6.04 Å². The summed E-state index contributed by atoms with van der Waals surface area (Å²) in [7, 11) is 1.68. The number of fused-ring (bicyclic) bond motifs is 3. The molecule has 0 aromatic heterocycles. The van der Waals surface area contributed by atoms with Crippen molar-refractivity contribution in [1.29, 1.82) is 0 Å². The second-order valence-electron chi connectivity index (χ2n) is 5.81. The fourth-order valence-corrected chi connectivity index (χ4v) is 3.62. The SMILES string of the molecule is COC1=CC2=NC3=C4C=CC=C5C=CC=C(C3=NC2C=C1)C54. The van der Waals surface area contributed by atoms with E-state index in [4.69, 9.17) is 14.7 Å². The van der Waals surface area contributed by atoms with Crippen LogP contribution in [0.15, 0.2) is 92.8 Å². The zero-order chi connectivity index (χ0) is 14.7. The predicted octanol–water partition coefficient (Wildman–Crippen LogP) is 3.23.